The summed E-state index contributed by atoms with van der Waals surface area (Å²) in [7, 11) is 0. The summed E-state index contributed by atoms with van der Waals surface area (Å²) < 4.78 is 0. The van der Waals surface area contributed by atoms with Crippen molar-refractivity contribution in [2.24, 2.45) is 5.73 Å². The Kier molecular flexibility index (Phi) is 11.9. The SMILES string of the molecule is C=CCNC(=O)CN1CCN(C(=O)C(CN)c2ccccc2)CC1.Cl.Cl. The minimum Gasteiger partial charge on any atom is -0.352 e. The van der Waals surface area contributed by atoms with Crippen molar-refractivity contribution >= 4 is 36.6 Å². The lowest BCUT2D eigenvalue weighted by molar-refractivity contribution is -0.134. The van der Waals surface area contributed by atoms with Crippen molar-refractivity contribution in [3.8, 4) is 0 Å². The maximum Gasteiger partial charge on any atom is 0.234 e. The van der Waals surface area contributed by atoms with Crippen LogP contribution in [0.25, 0.3) is 0 Å². The first-order valence-electron chi connectivity index (χ1n) is 8.29. The number of benzene rings is 1. The van der Waals surface area contributed by atoms with Crippen molar-refractivity contribution in [3.63, 3.8) is 0 Å². The van der Waals surface area contributed by atoms with E-state index in [0.717, 1.165) is 5.56 Å². The molecule has 1 atom stereocenters. The Morgan fingerprint density at radius 2 is 1.77 bits per heavy atom. The van der Waals surface area contributed by atoms with E-state index in [1.54, 1.807) is 6.08 Å². The minimum absolute atomic E-state index is 0. The highest BCUT2D eigenvalue weighted by Gasteiger charge is 2.28. The molecule has 2 amide bonds. The van der Waals surface area contributed by atoms with Crippen molar-refractivity contribution in [2.75, 3.05) is 45.8 Å². The van der Waals surface area contributed by atoms with E-state index in [1.807, 2.05) is 35.2 Å². The van der Waals surface area contributed by atoms with Crippen LogP contribution < -0.4 is 11.1 Å². The van der Waals surface area contributed by atoms with Gasteiger partial charge in [0.15, 0.2) is 0 Å². The monoisotopic (exact) mass is 402 g/mol. The largest absolute Gasteiger partial charge is 0.352 e. The molecule has 1 aromatic carbocycles. The second-order valence-electron chi connectivity index (χ2n) is 5.89. The van der Waals surface area contributed by atoms with Crippen molar-refractivity contribution < 1.29 is 9.59 Å². The summed E-state index contributed by atoms with van der Waals surface area (Å²) in [5.41, 5.74) is 6.79. The van der Waals surface area contributed by atoms with Gasteiger partial charge in [0.1, 0.15) is 0 Å². The lowest BCUT2D eigenvalue weighted by Crippen LogP contribution is -2.52. The molecule has 3 N–H and O–H groups in total. The van der Waals surface area contributed by atoms with Gasteiger partial charge in [-0.3, -0.25) is 14.5 Å². The number of carbonyl (C=O) groups excluding carboxylic acids is 2. The molecule has 1 aliphatic rings. The molecule has 26 heavy (non-hydrogen) atoms. The van der Waals surface area contributed by atoms with Gasteiger partial charge in [0.05, 0.1) is 12.5 Å². The second kappa shape index (κ2) is 12.7. The first-order valence-corrected chi connectivity index (χ1v) is 8.29. The zero-order valence-electron chi connectivity index (χ0n) is 14.8. The lowest BCUT2D eigenvalue weighted by atomic mass is 9.97. The number of hydrogen-bond acceptors (Lipinski definition) is 4. The van der Waals surface area contributed by atoms with Gasteiger partial charge in [0.25, 0.3) is 0 Å². The molecule has 6 nitrogen and oxygen atoms in total. The van der Waals surface area contributed by atoms with Gasteiger partial charge in [-0.15, -0.1) is 31.4 Å². The van der Waals surface area contributed by atoms with E-state index in [9.17, 15) is 9.59 Å². The zero-order valence-corrected chi connectivity index (χ0v) is 16.4. The van der Waals surface area contributed by atoms with E-state index in [-0.39, 0.29) is 42.5 Å². The summed E-state index contributed by atoms with van der Waals surface area (Å²) >= 11 is 0. The highest BCUT2D eigenvalue weighted by molar-refractivity contribution is 5.86. The van der Waals surface area contributed by atoms with Crippen LogP contribution in [0.3, 0.4) is 0 Å². The summed E-state index contributed by atoms with van der Waals surface area (Å²) in [6, 6.07) is 9.65. The average Bonchev–Trinajstić information content (AvgIpc) is 2.62. The summed E-state index contributed by atoms with van der Waals surface area (Å²) in [5, 5.41) is 2.77. The van der Waals surface area contributed by atoms with Crippen LogP contribution in [-0.4, -0.2) is 67.4 Å². The Balaban J connectivity index is 0.00000312. The quantitative estimate of drug-likeness (QED) is 0.667. The Bertz CT molecular complexity index is 564. The lowest BCUT2D eigenvalue weighted by Gasteiger charge is -2.36. The number of rotatable bonds is 7. The van der Waals surface area contributed by atoms with Crippen LogP contribution in [0.2, 0.25) is 0 Å². The number of piperazine rings is 1. The smallest absolute Gasteiger partial charge is 0.234 e. The van der Waals surface area contributed by atoms with Gasteiger partial charge in [-0.1, -0.05) is 36.4 Å². The molecule has 1 saturated heterocycles. The topological polar surface area (TPSA) is 78.7 Å². The number of nitrogens with zero attached hydrogens (tertiary/aromatic N) is 2. The molecule has 1 aliphatic heterocycles. The Labute approximate surface area is 167 Å². The number of amides is 2. The molecular formula is C18H28Cl2N4O2. The van der Waals surface area contributed by atoms with Crippen LogP contribution in [0, 0.1) is 0 Å². The average molecular weight is 403 g/mol. The van der Waals surface area contributed by atoms with E-state index >= 15 is 0 Å². The van der Waals surface area contributed by atoms with Crippen LogP contribution >= 0.6 is 24.8 Å². The third-order valence-electron chi connectivity index (χ3n) is 4.23. The maximum atomic E-state index is 12.7. The molecule has 0 spiro atoms. The third kappa shape index (κ3) is 6.96. The molecule has 1 fully saturated rings. The van der Waals surface area contributed by atoms with Gasteiger partial charge in [-0.25, -0.2) is 0 Å². The fourth-order valence-corrected chi connectivity index (χ4v) is 2.86. The normalized spacial score (nSPS) is 15.2. The molecule has 146 valence electrons. The molecule has 1 heterocycles. The van der Waals surface area contributed by atoms with E-state index in [0.29, 0.717) is 45.8 Å². The van der Waals surface area contributed by atoms with Gasteiger partial charge in [-0.05, 0) is 5.56 Å². The fraction of sp³-hybridized carbons (Fsp3) is 0.444. The molecule has 8 heteroatoms. The summed E-state index contributed by atoms with van der Waals surface area (Å²) in [6.45, 7) is 7.34. The van der Waals surface area contributed by atoms with Crippen LogP contribution in [0.15, 0.2) is 43.0 Å². The Morgan fingerprint density at radius 1 is 1.15 bits per heavy atom. The predicted octanol–water partition coefficient (Wildman–Crippen LogP) is 1.02. The molecule has 2 rings (SSSR count). The number of halogens is 2. The van der Waals surface area contributed by atoms with Gasteiger partial charge in [0, 0.05) is 39.3 Å². The first-order chi connectivity index (χ1) is 11.7. The molecule has 0 aromatic heterocycles. The van der Waals surface area contributed by atoms with Crippen molar-refractivity contribution in [3.05, 3.63) is 48.6 Å². The predicted molar refractivity (Wildman–Crippen MR) is 109 cm³/mol. The fourth-order valence-electron chi connectivity index (χ4n) is 2.86. The second-order valence-corrected chi connectivity index (χ2v) is 5.89. The standard InChI is InChI=1S/C18H26N4O2.2ClH/c1-2-8-20-17(23)14-21-9-11-22(12-10-21)18(24)16(13-19)15-6-4-3-5-7-15;;/h2-7,16H,1,8-14,19H2,(H,20,23);2*1H. The van der Waals surface area contributed by atoms with E-state index < -0.39 is 0 Å². The van der Waals surface area contributed by atoms with Gasteiger partial charge in [0.2, 0.25) is 11.8 Å². The van der Waals surface area contributed by atoms with E-state index in [1.165, 1.54) is 0 Å². The Hall–Kier alpha value is -1.60. The van der Waals surface area contributed by atoms with Gasteiger partial charge in [-0.2, -0.15) is 0 Å². The van der Waals surface area contributed by atoms with Crippen LogP contribution in [0.1, 0.15) is 11.5 Å². The summed E-state index contributed by atoms with van der Waals surface area (Å²) in [6.07, 6.45) is 1.66. The van der Waals surface area contributed by atoms with Crippen LogP contribution in [-0.2, 0) is 9.59 Å². The molecule has 0 radical (unpaired) electrons. The highest BCUT2D eigenvalue weighted by Crippen LogP contribution is 2.18. The number of carbonyl (C=O) groups is 2. The number of hydrogen-bond donors (Lipinski definition) is 2. The molecule has 1 aromatic rings. The first kappa shape index (κ1) is 24.4. The van der Waals surface area contributed by atoms with E-state index in [2.05, 4.69) is 16.8 Å². The van der Waals surface area contributed by atoms with Crippen molar-refractivity contribution in [1.82, 2.24) is 15.1 Å². The summed E-state index contributed by atoms with van der Waals surface area (Å²) in [4.78, 5) is 28.4. The number of nitrogens with one attached hydrogen (secondary N) is 1. The summed E-state index contributed by atoms with van der Waals surface area (Å²) in [5.74, 6) is -0.244. The van der Waals surface area contributed by atoms with Crippen molar-refractivity contribution in [2.45, 2.75) is 5.92 Å². The molecule has 0 bridgehead atoms. The third-order valence-corrected chi connectivity index (χ3v) is 4.23. The van der Waals surface area contributed by atoms with Crippen LogP contribution in [0.5, 0.6) is 0 Å². The Morgan fingerprint density at radius 3 is 2.31 bits per heavy atom. The van der Waals surface area contributed by atoms with E-state index in [4.69, 9.17) is 5.73 Å². The van der Waals surface area contributed by atoms with Crippen molar-refractivity contribution in [1.29, 1.82) is 0 Å². The van der Waals surface area contributed by atoms with Gasteiger partial charge >= 0.3 is 0 Å². The zero-order chi connectivity index (χ0) is 17.4. The minimum atomic E-state index is -0.298. The highest BCUT2D eigenvalue weighted by atomic mass is 35.5. The van der Waals surface area contributed by atoms with Crippen LogP contribution in [0.4, 0.5) is 0 Å². The molecule has 0 aliphatic carbocycles. The molecule has 0 saturated carbocycles. The molecule has 1 unspecified atom stereocenters. The maximum absolute atomic E-state index is 12.7. The molecular weight excluding hydrogens is 375 g/mol. The van der Waals surface area contributed by atoms with Gasteiger partial charge < -0.3 is 16.0 Å². The number of nitrogens with two attached hydrogens (primary N) is 1.